The SMILES string of the molecule is CC1CN(CCC(=O)NC2CC2)CCC1N. The zero-order chi connectivity index (χ0) is 11.5. The maximum absolute atomic E-state index is 11.5. The molecule has 2 aliphatic rings. The molecule has 0 aromatic rings. The minimum absolute atomic E-state index is 0.213. The number of hydrogen-bond acceptors (Lipinski definition) is 3. The van der Waals surface area contributed by atoms with E-state index in [1.165, 1.54) is 12.8 Å². The van der Waals surface area contributed by atoms with Crippen LogP contribution in [0.5, 0.6) is 0 Å². The van der Waals surface area contributed by atoms with Crippen molar-refractivity contribution in [3.63, 3.8) is 0 Å². The average molecular weight is 225 g/mol. The van der Waals surface area contributed by atoms with Crippen molar-refractivity contribution in [1.29, 1.82) is 0 Å². The third kappa shape index (κ3) is 3.46. The number of amides is 1. The minimum atomic E-state index is 0.213. The summed E-state index contributed by atoms with van der Waals surface area (Å²) in [6.45, 7) is 5.16. The van der Waals surface area contributed by atoms with Crippen LogP contribution in [0.15, 0.2) is 0 Å². The van der Waals surface area contributed by atoms with Crippen molar-refractivity contribution in [1.82, 2.24) is 10.2 Å². The second-order valence-electron chi connectivity index (χ2n) is 5.32. The number of carbonyl (C=O) groups is 1. The van der Waals surface area contributed by atoms with E-state index in [4.69, 9.17) is 5.73 Å². The van der Waals surface area contributed by atoms with Crippen molar-refractivity contribution in [2.45, 2.75) is 44.7 Å². The van der Waals surface area contributed by atoms with Crippen molar-refractivity contribution in [3.8, 4) is 0 Å². The molecular weight excluding hydrogens is 202 g/mol. The molecule has 92 valence electrons. The number of nitrogens with zero attached hydrogens (tertiary/aromatic N) is 1. The maximum atomic E-state index is 11.5. The predicted molar refractivity (Wildman–Crippen MR) is 64.0 cm³/mol. The number of piperidine rings is 1. The summed E-state index contributed by atoms with van der Waals surface area (Å²) >= 11 is 0. The van der Waals surface area contributed by atoms with Crippen LogP contribution < -0.4 is 11.1 Å². The summed E-state index contributed by atoms with van der Waals surface area (Å²) in [5.74, 6) is 0.769. The van der Waals surface area contributed by atoms with Gasteiger partial charge in [-0.1, -0.05) is 6.92 Å². The highest BCUT2D eigenvalue weighted by molar-refractivity contribution is 5.76. The molecule has 1 saturated carbocycles. The fraction of sp³-hybridized carbons (Fsp3) is 0.917. The van der Waals surface area contributed by atoms with Gasteiger partial charge in [-0.15, -0.1) is 0 Å². The number of hydrogen-bond donors (Lipinski definition) is 2. The number of likely N-dealkylation sites (tertiary alicyclic amines) is 1. The third-order valence-electron chi connectivity index (χ3n) is 3.65. The van der Waals surface area contributed by atoms with Crippen LogP contribution >= 0.6 is 0 Å². The van der Waals surface area contributed by atoms with Crippen molar-refractivity contribution < 1.29 is 4.79 Å². The van der Waals surface area contributed by atoms with Gasteiger partial charge in [-0.3, -0.25) is 4.79 Å². The van der Waals surface area contributed by atoms with Crippen LogP contribution in [0, 0.1) is 5.92 Å². The summed E-state index contributed by atoms with van der Waals surface area (Å²) in [5, 5.41) is 3.02. The third-order valence-corrected chi connectivity index (χ3v) is 3.65. The smallest absolute Gasteiger partial charge is 0.221 e. The molecule has 4 heteroatoms. The van der Waals surface area contributed by atoms with E-state index in [2.05, 4.69) is 17.1 Å². The molecule has 3 N–H and O–H groups in total. The molecule has 1 amide bonds. The van der Waals surface area contributed by atoms with Crippen LogP contribution in [-0.2, 0) is 4.79 Å². The van der Waals surface area contributed by atoms with E-state index in [0.717, 1.165) is 26.1 Å². The highest BCUT2D eigenvalue weighted by atomic mass is 16.1. The fourth-order valence-electron chi connectivity index (χ4n) is 2.24. The second-order valence-corrected chi connectivity index (χ2v) is 5.32. The Labute approximate surface area is 97.6 Å². The Bertz CT molecular complexity index is 253. The lowest BCUT2D eigenvalue weighted by Crippen LogP contribution is -2.46. The molecule has 0 radical (unpaired) electrons. The van der Waals surface area contributed by atoms with Gasteiger partial charge in [0, 0.05) is 31.6 Å². The van der Waals surface area contributed by atoms with Crippen LogP contribution in [0.3, 0.4) is 0 Å². The van der Waals surface area contributed by atoms with E-state index in [9.17, 15) is 4.79 Å². The molecule has 1 aliphatic heterocycles. The number of rotatable bonds is 4. The van der Waals surface area contributed by atoms with Crippen molar-refractivity contribution in [2.75, 3.05) is 19.6 Å². The second kappa shape index (κ2) is 5.15. The first-order valence-electron chi connectivity index (χ1n) is 6.42. The lowest BCUT2D eigenvalue weighted by molar-refractivity contribution is -0.121. The van der Waals surface area contributed by atoms with Crippen LogP contribution in [0.1, 0.15) is 32.6 Å². The lowest BCUT2D eigenvalue weighted by Gasteiger charge is -2.34. The summed E-state index contributed by atoms with van der Waals surface area (Å²) in [7, 11) is 0. The minimum Gasteiger partial charge on any atom is -0.353 e. The molecule has 0 aromatic heterocycles. The summed E-state index contributed by atoms with van der Waals surface area (Å²) in [5.41, 5.74) is 5.96. The van der Waals surface area contributed by atoms with Gasteiger partial charge >= 0.3 is 0 Å². The zero-order valence-corrected chi connectivity index (χ0v) is 10.1. The van der Waals surface area contributed by atoms with Gasteiger partial charge in [-0.05, 0) is 31.7 Å². The van der Waals surface area contributed by atoms with E-state index in [0.29, 0.717) is 24.4 Å². The van der Waals surface area contributed by atoms with Crippen LogP contribution in [0.4, 0.5) is 0 Å². The molecule has 2 atom stereocenters. The summed E-state index contributed by atoms with van der Waals surface area (Å²) < 4.78 is 0. The number of carbonyl (C=O) groups excluding carboxylic acids is 1. The summed E-state index contributed by atoms with van der Waals surface area (Å²) in [6, 6.07) is 0.831. The van der Waals surface area contributed by atoms with E-state index >= 15 is 0 Å². The quantitative estimate of drug-likeness (QED) is 0.724. The van der Waals surface area contributed by atoms with Gasteiger partial charge < -0.3 is 16.0 Å². The van der Waals surface area contributed by atoms with Crippen LogP contribution in [0.25, 0.3) is 0 Å². The molecule has 2 unspecified atom stereocenters. The normalized spacial score (nSPS) is 31.4. The van der Waals surface area contributed by atoms with E-state index in [1.807, 2.05) is 0 Å². The molecule has 4 nitrogen and oxygen atoms in total. The molecule has 1 saturated heterocycles. The fourth-order valence-corrected chi connectivity index (χ4v) is 2.24. The lowest BCUT2D eigenvalue weighted by atomic mass is 9.95. The summed E-state index contributed by atoms with van der Waals surface area (Å²) in [4.78, 5) is 13.9. The van der Waals surface area contributed by atoms with Gasteiger partial charge in [0.05, 0.1) is 0 Å². The molecule has 16 heavy (non-hydrogen) atoms. The Balaban J connectivity index is 1.63. The zero-order valence-electron chi connectivity index (χ0n) is 10.1. The Hall–Kier alpha value is -0.610. The topological polar surface area (TPSA) is 58.4 Å². The first-order valence-corrected chi connectivity index (χ1v) is 6.42. The Morgan fingerprint density at radius 1 is 1.44 bits per heavy atom. The maximum Gasteiger partial charge on any atom is 0.221 e. The van der Waals surface area contributed by atoms with Crippen molar-refractivity contribution >= 4 is 5.91 Å². The van der Waals surface area contributed by atoms with Crippen LogP contribution in [-0.4, -0.2) is 42.5 Å². The van der Waals surface area contributed by atoms with E-state index in [-0.39, 0.29) is 5.91 Å². The molecule has 0 bridgehead atoms. The molecule has 1 heterocycles. The average Bonchev–Trinajstić information content (AvgIpc) is 3.04. The van der Waals surface area contributed by atoms with Gasteiger partial charge in [0.2, 0.25) is 5.91 Å². The Morgan fingerprint density at radius 3 is 2.81 bits per heavy atom. The van der Waals surface area contributed by atoms with Crippen molar-refractivity contribution in [2.24, 2.45) is 11.7 Å². The Morgan fingerprint density at radius 2 is 2.19 bits per heavy atom. The van der Waals surface area contributed by atoms with E-state index < -0.39 is 0 Å². The van der Waals surface area contributed by atoms with E-state index in [1.54, 1.807) is 0 Å². The molecular formula is C12H23N3O. The molecule has 2 rings (SSSR count). The highest BCUT2D eigenvalue weighted by Gasteiger charge is 2.25. The van der Waals surface area contributed by atoms with Gasteiger partial charge in [0.15, 0.2) is 0 Å². The van der Waals surface area contributed by atoms with Crippen LogP contribution in [0.2, 0.25) is 0 Å². The van der Waals surface area contributed by atoms with Gasteiger partial charge in [-0.25, -0.2) is 0 Å². The highest BCUT2D eigenvalue weighted by Crippen LogP contribution is 2.19. The molecule has 1 aliphatic carbocycles. The molecule has 0 aromatic carbocycles. The van der Waals surface area contributed by atoms with Gasteiger partial charge in [0.25, 0.3) is 0 Å². The van der Waals surface area contributed by atoms with Gasteiger partial charge in [0.1, 0.15) is 0 Å². The largest absolute Gasteiger partial charge is 0.353 e. The number of nitrogens with one attached hydrogen (secondary N) is 1. The predicted octanol–water partition coefficient (Wildman–Crippen LogP) is 0.324. The first kappa shape index (κ1) is 11.9. The number of nitrogens with two attached hydrogens (primary N) is 1. The van der Waals surface area contributed by atoms with Gasteiger partial charge in [-0.2, -0.15) is 0 Å². The molecule has 2 fully saturated rings. The first-order chi connectivity index (χ1) is 7.65. The molecule has 0 spiro atoms. The summed E-state index contributed by atoms with van der Waals surface area (Å²) in [6.07, 6.45) is 4.03. The standard InChI is InChI=1S/C12H23N3O/c1-9-8-15(6-4-11(9)13)7-5-12(16)14-10-2-3-10/h9-11H,2-8,13H2,1H3,(H,14,16). The Kier molecular flexibility index (Phi) is 3.82. The van der Waals surface area contributed by atoms with Crippen molar-refractivity contribution in [3.05, 3.63) is 0 Å². The monoisotopic (exact) mass is 225 g/mol.